The lowest BCUT2D eigenvalue weighted by Gasteiger charge is -2.56. The quantitative estimate of drug-likeness (QED) is 0.0174. The first kappa shape index (κ1) is 70.6. The summed E-state index contributed by atoms with van der Waals surface area (Å²) in [6.07, 6.45) is 3.17. The van der Waals surface area contributed by atoms with Gasteiger partial charge in [-0.1, -0.05) is 208 Å². The number of methoxy groups -OCH3 is 3. The van der Waals surface area contributed by atoms with E-state index in [-0.39, 0.29) is 46.7 Å². The Kier molecular flexibility index (Phi) is 24.5. The van der Waals surface area contributed by atoms with Gasteiger partial charge in [0, 0.05) is 63.4 Å². The molecule has 0 radical (unpaired) electrons. The van der Waals surface area contributed by atoms with Crippen molar-refractivity contribution in [2.24, 2.45) is 10.8 Å². The van der Waals surface area contributed by atoms with Crippen LogP contribution in [0.4, 0.5) is 0 Å². The van der Waals surface area contributed by atoms with E-state index in [0.29, 0.717) is 51.7 Å². The third kappa shape index (κ3) is 17.6. The third-order valence-electron chi connectivity index (χ3n) is 17.7. The van der Waals surface area contributed by atoms with Gasteiger partial charge in [-0.25, -0.2) is 0 Å². The summed E-state index contributed by atoms with van der Waals surface area (Å²) in [6.45, 7) is 29.4. The molecule has 3 aliphatic heterocycles. The Morgan fingerprint density at radius 3 is 1.94 bits per heavy atom. The number of Topliss-reactive ketones (excluding diaryl/α,β-unsaturated/α-hetero) is 1. The Labute approximate surface area is 530 Å². The second-order valence-corrected chi connectivity index (χ2v) is 33.3. The summed E-state index contributed by atoms with van der Waals surface area (Å²) in [5.41, 5.74) is 1.09. The van der Waals surface area contributed by atoms with Crippen LogP contribution in [0, 0.1) is 10.8 Å². The Morgan fingerprint density at radius 2 is 1.38 bits per heavy atom. The zero-order valence-electron chi connectivity index (χ0n) is 55.1. The van der Waals surface area contributed by atoms with Crippen molar-refractivity contribution in [2.45, 2.75) is 224 Å². The maximum Gasteiger partial charge on any atom is 0.302 e. The predicted octanol–water partition coefficient (Wildman–Crippen LogP) is 13.6. The zero-order valence-corrected chi connectivity index (χ0v) is 56.9. The fraction of sp³-hybridized carbons (Fsp3) is 0.569. The first-order valence-electron chi connectivity index (χ1n) is 31.2. The summed E-state index contributed by atoms with van der Waals surface area (Å²) < 4.78 is 72.2. The van der Waals surface area contributed by atoms with Gasteiger partial charge in [0.2, 0.25) is 5.79 Å². The largest absolute Gasteiger partial charge is 0.497 e. The molecular weight excluding hydrogens is 1150 g/mol. The summed E-state index contributed by atoms with van der Waals surface area (Å²) >= 11 is 1.32. The lowest BCUT2D eigenvalue weighted by Crippen LogP contribution is -2.68. The Morgan fingerprint density at radius 1 is 0.761 bits per heavy atom. The highest BCUT2D eigenvalue weighted by atomic mass is 32.2. The van der Waals surface area contributed by atoms with Gasteiger partial charge in [0.15, 0.2) is 16.7 Å². The van der Waals surface area contributed by atoms with Crippen LogP contribution in [0.25, 0.3) is 0 Å². The molecule has 0 N–H and O–H groups in total. The molecule has 3 saturated heterocycles. The predicted molar refractivity (Wildman–Crippen MR) is 349 cm³/mol. The van der Waals surface area contributed by atoms with Crippen LogP contribution in [0.1, 0.15) is 152 Å². The van der Waals surface area contributed by atoms with Gasteiger partial charge in [0.05, 0.1) is 68.5 Å². The fourth-order valence-electron chi connectivity index (χ4n) is 13.0. The van der Waals surface area contributed by atoms with Crippen molar-refractivity contribution < 1.29 is 66.2 Å². The second-order valence-electron chi connectivity index (χ2n) is 27.2. The van der Waals surface area contributed by atoms with Gasteiger partial charge >= 0.3 is 5.97 Å². The minimum atomic E-state index is -3.20. The van der Waals surface area contributed by atoms with E-state index in [1.165, 1.54) is 25.8 Å². The van der Waals surface area contributed by atoms with E-state index in [4.69, 9.17) is 51.8 Å². The minimum Gasteiger partial charge on any atom is -0.497 e. The number of benzene rings is 4. The van der Waals surface area contributed by atoms with E-state index in [0.717, 1.165) is 32.8 Å². The molecule has 0 amide bonds. The average molecular weight is 1250 g/mol. The van der Waals surface area contributed by atoms with Crippen molar-refractivity contribution in [3.63, 3.8) is 0 Å². The first-order chi connectivity index (χ1) is 41.6. The number of hydrogen-bond donors (Lipinski definition) is 0. The Balaban J connectivity index is 1.12. The SMILES string of the molecule is C=C1C[C@@H](CC2(OC)OC(CC(CC(=O)SC(C)(C)C)O[Si](c3ccccc3)(c3ccccc3)C(C)(C)C)CC(OC(C)=O)C2(C)C)O[C@@H](C=CC(C)(C)[C@]2(OC)O[C@H](C[C@@H](OCc3ccc(OC)cc3)[C@@H](C)OCOCc3ccccc3)CCC2=O)C1. The molecular formula is C72H100O14SSi. The molecule has 14 nitrogen and oxygen atoms in total. The van der Waals surface area contributed by atoms with Crippen molar-refractivity contribution in [3.8, 4) is 5.75 Å². The number of ketones is 1. The van der Waals surface area contributed by atoms with Gasteiger partial charge in [-0.2, -0.15) is 0 Å². The van der Waals surface area contributed by atoms with Crippen LogP contribution in [0.15, 0.2) is 140 Å². The molecule has 0 aromatic heterocycles. The van der Waals surface area contributed by atoms with Crippen molar-refractivity contribution in [2.75, 3.05) is 28.1 Å². The number of esters is 1. The smallest absolute Gasteiger partial charge is 0.302 e. The van der Waals surface area contributed by atoms with E-state index in [1.54, 1.807) is 14.2 Å². The number of hydrogen-bond acceptors (Lipinski definition) is 15. The van der Waals surface area contributed by atoms with E-state index in [1.807, 2.05) is 134 Å². The number of ether oxygens (including phenoxy) is 10. The van der Waals surface area contributed by atoms with Crippen molar-refractivity contribution in [1.29, 1.82) is 0 Å². The fourth-order valence-corrected chi connectivity index (χ4v) is 18.6. The van der Waals surface area contributed by atoms with E-state index < -0.39 is 85.5 Å². The van der Waals surface area contributed by atoms with Crippen LogP contribution >= 0.6 is 11.8 Å². The summed E-state index contributed by atoms with van der Waals surface area (Å²) in [7, 11) is 1.60. The maximum atomic E-state index is 14.4. The molecule has 4 aromatic carbocycles. The third-order valence-corrected chi connectivity index (χ3v) is 23.8. The summed E-state index contributed by atoms with van der Waals surface area (Å²) in [5, 5.41) is 1.84. The second kappa shape index (κ2) is 30.5. The van der Waals surface area contributed by atoms with Crippen LogP contribution in [0.5, 0.6) is 5.75 Å². The molecule has 0 aliphatic carbocycles. The molecule has 3 aliphatic rings. The zero-order chi connectivity index (χ0) is 64.1. The van der Waals surface area contributed by atoms with Crippen molar-refractivity contribution in [1.82, 2.24) is 0 Å². The highest BCUT2D eigenvalue weighted by Gasteiger charge is 2.60. The van der Waals surface area contributed by atoms with Gasteiger partial charge in [-0.3, -0.25) is 14.4 Å². The van der Waals surface area contributed by atoms with Crippen LogP contribution < -0.4 is 15.1 Å². The number of rotatable bonds is 28. The van der Waals surface area contributed by atoms with E-state index in [9.17, 15) is 14.4 Å². The van der Waals surface area contributed by atoms with Gasteiger partial charge in [-0.05, 0) is 71.3 Å². The van der Waals surface area contributed by atoms with Crippen molar-refractivity contribution in [3.05, 3.63) is 151 Å². The van der Waals surface area contributed by atoms with E-state index in [2.05, 4.69) is 75.9 Å². The molecule has 482 valence electrons. The Hall–Kier alpha value is -4.82. The number of carbonyl (C=O) groups excluding carboxylic acids is 3. The molecule has 0 saturated carbocycles. The number of carbonyl (C=O) groups is 3. The van der Waals surface area contributed by atoms with Gasteiger partial charge in [0.25, 0.3) is 8.32 Å². The summed E-state index contributed by atoms with van der Waals surface area (Å²) in [6, 6.07) is 38.5. The van der Waals surface area contributed by atoms with Crippen LogP contribution in [0.3, 0.4) is 0 Å². The van der Waals surface area contributed by atoms with Crippen LogP contribution in [0.2, 0.25) is 5.04 Å². The molecule has 88 heavy (non-hydrogen) atoms. The number of thioether (sulfide) groups is 1. The first-order valence-corrected chi connectivity index (χ1v) is 34.0. The van der Waals surface area contributed by atoms with Crippen LogP contribution in [-0.2, 0) is 74.7 Å². The molecule has 3 fully saturated rings. The van der Waals surface area contributed by atoms with Gasteiger partial charge < -0.3 is 51.8 Å². The van der Waals surface area contributed by atoms with Gasteiger partial charge in [-0.15, -0.1) is 0 Å². The van der Waals surface area contributed by atoms with Crippen molar-refractivity contribution >= 4 is 47.3 Å². The molecule has 3 heterocycles. The molecule has 0 bridgehead atoms. The molecule has 4 unspecified atom stereocenters. The van der Waals surface area contributed by atoms with Gasteiger partial charge in [0.1, 0.15) is 18.6 Å². The normalized spacial score (nSPS) is 24.8. The molecule has 4 aromatic rings. The molecule has 7 rings (SSSR count). The highest BCUT2D eigenvalue weighted by molar-refractivity contribution is 8.14. The summed E-state index contributed by atoms with van der Waals surface area (Å²) in [5.74, 6) is -2.82. The minimum absolute atomic E-state index is 0.0185. The monoisotopic (exact) mass is 1250 g/mol. The lowest BCUT2D eigenvalue weighted by molar-refractivity contribution is -0.358. The van der Waals surface area contributed by atoms with E-state index >= 15 is 0 Å². The maximum absolute atomic E-state index is 14.4. The average Bonchev–Trinajstić information content (AvgIpc) is 0.915. The summed E-state index contributed by atoms with van der Waals surface area (Å²) in [4.78, 5) is 41.8. The highest BCUT2D eigenvalue weighted by Crippen LogP contribution is 2.52. The molecule has 10 atom stereocenters. The van der Waals surface area contributed by atoms with Crippen LogP contribution in [-0.4, -0.2) is 118 Å². The molecule has 0 spiro atoms. The lowest BCUT2D eigenvalue weighted by atomic mass is 9.70. The standard InChI is InChI=1S/C72H100O14SSi/c1-50-40-56(38-39-69(10,11)72(78-16)64(74)37-36-57(85-72)43-63(80-48-54-32-34-55(76-14)35-33-54)51(2)81-49-79-47-53-26-20-17-21-27-53)83-60(41-50)46-71(77-15)70(12,13)65(82-52(3)73)44-58(84-71)42-59(45-66(75)87-67(4,5)6)86-88(68(7,8)9,61-28-22-18-23-29-61)62-30-24-19-25-31-62/h17-35,38-39,51,56-60,63,65H,1,36-37,40-49H2,2-16H3/t51-,56+,57+,58?,59?,60+,63-,65?,71?,72-/m1/s1. The molecule has 16 heteroatoms. The topological polar surface area (TPSA) is 153 Å². The Bertz CT molecular complexity index is 2870.